The molecule has 0 aliphatic heterocycles. The van der Waals surface area contributed by atoms with Crippen molar-refractivity contribution in [2.75, 3.05) is 6.54 Å². The number of hydrogen-bond donors (Lipinski definition) is 1. The normalized spacial score (nSPS) is 15.6. The zero-order chi connectivity index (χ0) is 11.1. The van der Waals surface area contributed by atoms with Crippen LogP contribution in [0.15, 0.2) is 0 Å². The second kappa shape index (κ2) is 6.96. The lowest BCUT2D eigenvalue weighted by atomic mass is 10.1. The molecule has 14 heavy (non-hydrogen) atoms. The molecule has 0 aliphatic rings. The van der Waals surface area contributed by atoms with Gasteiger partial charge in [0, 0.05) is 0 Å². The molecule has 0 spiro atoms. The zero-order valence-corrected chi connectivity index (χ0v) is 9.79. The molecule has 2 atom stereocenters. The van der Waals surface area contributed by atoms with Crippen molar-refractivity contribution in [3.63, 3.8) is 0 Å². The van der Waals surface area contributed by atoms with E-state index in [4.69, 9.17) is 0 Å². The fourth-order valence-corrected chi connectivity index (χ4v) is 1.75. The highest BCUT2D eigenvalue weighted by Gasteiger charge is 2.24. The predicted molar refractivity (Wildman–Crippen MR) is 58.1 cm³/mol. The Bertz CT molecular complexity index is 171. The van der Waals surface area contributed by atoms with Crippen LogP contribution in [0.25, 0.3) is 0 Å². The highest BCUT2D eigenvalue weighted by molar-refractivity contribution is 5.81. The molecule has 84 valence electrons. The molecule has 2 unspecified atom stereocenters. The maximum atomic E-state index is 11.4. The van der Waals surface area contributed by atoms with Gasteiger partial charge >= 0.3 is 0 Å². The van der Waals surface area contributed by atoms with E-state index in [1.54, 1.807) is 6.92 Å². The van der Waals surface area contributed by atoms with E-state index >= 15 is 0 Å². The van der Waals surface area contributed by atoms with Crippen molar-refractivity contribution in [3.8, 4) is 0 Å². The van der Waals surface area contributed by atoms with Gasteiger partial charge in [0.25, 0.3) is 0 Å². The van der Waals surface area contributed by atoms with Crippen LogP contribution in [0.4, 0.5) is 0 Å². The van der Waals surface area contributed by atoms with E-state index in [1.165, 1.54) is 0 Å². The summed E-state index contributed by atoms with van der Waals surface area (Å²) in [6.45, 7) is 8.29. The van der Waals surface area contributed by atoms with Gasteiger partial charge in [0.15, 0.2) is 0 Å². The van der Waals surface area contributed by atoms with Gasteiger partial charge in [0.2, 0.25) is 0 Å². The first-order chi connectivity index (χ1) is 6.58. The van der Waals surface area contributed by atoms with E-state index in [9.17, 15) is 9.90 Å². The first-order valence-corrected chi connectivity index (χ1v) is 5.52. The maximum absolute atomic E-state index is 11.4. The third-order valence-electron chi connectivity index (χ3n) is 2.54. The molecule has 0 saturated carbocycles. The standard InChI is InChI=1S/C11H23NO2/c1-5-8-10(9(4)13)12(7-3)11(14)6-2/h10-11,14H,5-8H2,1-4H3. The smallest absolute Gasteiger partial charge is 0.146 e. The summed E-state index contributed by atoms with van der Waals surface area (Å²) >= 11 is 0. The summed E-state index contributed by atoms with van der Waals surface area (Å²) in [5.41, 5.74) is 0. The van der Waals surface area contributed by atoms with Gasteiger partial charge in [-0.15, -0.1) is 0 Å². The minimum Gasteiger partial charge on any atom is -0.378 e. The molecule has 0 heterocycles. The molecule has 3 nitrogen and oxygen atoms in total. The van der Waals surface area contributed by atoms with Crippen LogP contribution in [0.2, 0.25) is 0 Å². The minimum absolute atomic E-state index is 0.111. The van der Waals surface area contributed by atoms with Crippen LogP contribution in [0, 0.1) is 0 Å². The van der Waals surface area contributed by atoms with Crippen molar-refractivity contribution < 1.29 is 9.90 Å². The molecule has 1 N–H and O–H groups in total. The number of nitrogens with zero attached hydrogens (tertiary/aromatic N) is 1. The van der Waals surface area contributed by atoms with Gasteiger partial charge in [-0.2, -0.15) is 0 Å². The number of Topliss-reactive ketones (excluding diaryl/α,β-unsaturated/α-hetero) is 1. The quantitative estimate of drug-likeness (QED) is 0.638. The van der Waals surface area contributed by atoms with Gasteiger partial charge in [-0.3, -0.25) is 9.69 Å². The van der Waals surface area contributed by atoms with E-state index in [0.29, 0.717) is 6.42 Å². The van der Waals surface area contributed by atoms with Gasteiger partial charge in [-0.1, -0.05) is 27.2 Å². The number of aliphatic hydroxyl groups is 1. The Balaban J connectivity index is 4.48. The topological polar surface area (TPSA) is 40.5 Å². The molecule has 0 rings (SSSR count). The molecule has 3 heteroatoms. The van der Waals surface area contributed by atoms with Crippen LogP contribution in [-0.4, -0.2) is 34.6 Å². The second-order valence-electron chi connectivity index (χ2n) is 3.63. The lowest BCUT2D eigenvalue weighted by molar-refractivity contribution is -0.127. The number of aliphatic hydroxyl groups excluding tert-OH is 1. The molecule has 0 bridgehead atoms. The predicted octanol–water partition coefficient (Wildman–Crippen LogP) is 1.79. The summed E-state index contributed by atoms with van der Waals surface area (Å²) in [4.78, 5) is 13.3. The van der Waals surface area contributed by atoms with Gasteiger partial charge in [-0.05, 0) is 26.3 Å². The Morgan fingerprint density at radius 2 is 1.93 bits per heavy atom. The van der Waals surface area contributed by atoms with Crippen LogP contribution < -0.4 is 0 Å². The van der Waals surface area contributed by atoms with Crippen LogP contribution in [0.3, 0.4) is 0 Å². The molecule has 0 aromatic rings. The second-order valence-corrected chi connectivity index (χ2v) is 3.63. The molecule has 0 saturated heterocycles. The number of likely N-dealkylation sites (N-methyl/N-ethyl adjacent to an activating group) is 1. The number of carbonyl (C=O) groups is 1. The molecule has 0 aromatic heterocycles. The van der Waals surface area contributed by atoms with E-state index in [1.807, 2.05) is 18.7 Å². The average Bonchev–Trinajstić information content (AvgIpc) is 2.16. The van der Waals surface area contributed by atoms with Crippen LogP contribution in [0.1, 0.15) is 47.0 Å². The monoisotopic (exact) mass is 201 g/mol. The third-order valence-corrected chi connectivity index (χ3v) is 2.54. The summed E-state index contributed by atoms with van der Waals surface area (Å²) in [6.07, 6.45) is 1.99. The van der Waals surface area contributed by atoms with E-state index in [-0.39, 0.29) is 11.8 Å². The van der Waals surface area contributed by atoms with Crippen LogP contribution in [-0.2, 0) is 4.79 Å². The summed E-state index contributed by atoms with van der Waals surface area (Å²) < 4.78 is 0. The van der Waals surface area contributed by atoms with Crippen molar-refractivity contribution in [2.24, 2.45) is 0 Å². The molecule has 0 aliphatic carbocycles. The van der Waals surface area contributed by atoms with Gasteiger partial charge < -0.3 is 5.11 Å². The zero-order valence-electron chi connectivity index (χ0n) is 9.79. The highest BCUT2D eigenvalue weighted by Crippen LogP contribution is 2.12. The Hall–Kier alpha value is -0.410. The molecular weight excluding hydrogens is 178 g/mol. The molecule has 0 amide bonds. The summed E-state index contributed by atoms with van der Waals surface area (Å²) in [5, 5.41) is 9.74. The molecule has 0 aromatic carbocycles. The largest absolute Gasteiger partial charge is 0.378 e. The van der Waals surface area contributed by atoms with Crippen molar-refractivity contribution in [1.82, 2.24) is 4.90 Å². The van der Waals surface area contributed by atoms with Crippen LogP contribution in [0.5, 0.6) is 0 Å². The SMILES string of the molecule is CCCC(C(C)=O)N(CC)C(O)CC. The van der Waals surface area contributed by atoms with Gasteiger partial charge in [0.05, 0.1) is 6.04 Å². The summed E-state index contributed by atoms with van der Waals surface area (Å²) in [7, 11) is 0. The summed E-state index contributed by atoms with van der Waals surface area (Å²) in [6, 6.07) is -0.111. The molecule has 0 fully saturated rings. The lowest BCUT2D eigenvalue weighted by Gasteiger charge is -2.32. The Kier molecular flexibility index (Phi) is 6.75. The average molecular weight is 201 g/mol. The number of carbonyl (C=O) groups excluding carboxylic acids is 1. The van der Waals surface area contributed by atoms with Gasteiger partial charge in [-0.25, -0.2) is 0 Å². The molecular formula is C11H23NO2. The third kappa shape index (κ3) is 3.76. The van der Waals surface area contributed by atoms with E-state index in [0.717, 1.165) is 19.4 Å². The van der Waals surface area contributed by atoms with Crippen molar-refractivity contribution >= 4 is 5.78 Å². The fraction of sp³-hybridized carbons (Fsp3) is 0.909. The molecule has 0 radical (unpaired) electrons. The Morgan fingerprint density at radius 1 is 1.36 bits per heavy atom. The Labute approximate surface area is 87.1 Å². The maximum Gasteiger partial charge on any atom is 0.146 e. The number of rotatable bonds is 7. The summed E-state index contributed by atoms with van der Waals surface area (Å²) in [5.74, 6) is 0.154. The van der Waals surface area contributed by atoms with Crippen LogP contribution >= 0.6 is 0 Å². The number of ketones is 1. The van der Waals surface area contributed by atoms with E-state index in [2.05, 4.69) is 6.92 Å². The minimum atomic E-state index is -0.486. The first-order valence-electron chi connectivity index (χ1n) is 5.52. The highest BCUT2D eigenvalue weighted by atomic mass is 16.3. The first kappa shape index (κ1) is 13.6. The van der Waals surface area contributed by atoms with Crippen molar-refractivity contribution in [3.05, 3.63) is 0 Å². The van der Waals surface area contributed by atoms with Gasteiger partial charge in [0.1, 0.15) is 12.0 Å². The van der Waals surface area contributed by atoms with Crippen molar-refractivity contribution in [1.29, 1.82) is 0 Å². The number of hydrogen-bond acceptors (Lipinski definition) is 3. The Morgan fingerprint density at radius 3 is 2.21 bits per heavy atom. The van der Waals surface area contributed by atoms with E-state index < -0.39 is 6.23 Å². The lowest BCUT2D eigenvalue weighted by Crippen LogP contribution is -2.46. The fourth-order valence-electron chi connectivity index (χ4n) is 1.75. The van der Waals surface area contributed by atoms with Crippen molar-refractivity contribution in [2.45, 2.75) is 59.2 Å².